The molecule has 0 amide bonds. The lowest BCUT2D eigenvalue weighted by atomic mass is 10.1. The van der Waals surface area contributed by atoms with E-state index in [0.29, 0.717) is 0 Å². The summed E-state index contributed by atoms with van der Waals surface area (Å²) in [7, 11) is -4.10. The summed E-state index contributed by atoms with van der Waals surface area (Å²) in [5.41, 5.74) is -0.613. The summed E-state index contributed by atoms with van der Waals surface area (Å²) >= 11 is 0. The summed E-state index contributed by atoms with van der Waals surface area (Å²) in [6.45, 7) is 0. The van der Waals surface area contributed by atoms with Crippen LogP contribution in [0.25, 0.3) is 10.8 Å². The van der Waals surface area contributed by atoms with Gasteiger partial charge >= 0.3 is 5.97 Å². The Labute approximate surface area is 102 Å². The van der Waals surface area contributed by atoms with Crippen molar-refractivity contribution in [1.82, 2.24) is 0 Å². The number of aromatic carboxylic acids is 1. The number of carboxylic acids is 1. The summed E-state index contributed by atoms with van der Waals surface area (Å²) in [5.74, 6) is -2.22. The predicted molar refractivity (Wildman–Crippen MR) is 61.7 cm³/mol. The van der Waals surface area contributed by atoms with Crippen molar-refractivity contribution in [1.29, 1.82) is 0 Å². The molecule has 0 radical (unpaired) electrons. The Morgan fingerprint density at radius 2 is 1.78 bits per heavy atom. The van der Waals surface area contributed by atoms with Crippen LogP contribution in [0.1, 0.15) is 10.4 Å². The van der Waals surface area contributed by atoms with E-state index in [0.717, 1.165) is 6.07 Å². The highest BCUT2D eigenvalue weighted by molar-refractivity contribution is 7.89. The lowest BCUT2D eigenvalue weighted by Crippen LogP contribution is -2.15. The van der Waals surface area contributed by atoms with Crippen molar-refractivity contribution >= 4 is 26.8 Å². The molecule has 0 unspecified atom stereocenters. The zero-order valence-corrected chi connectivity index (χ0v) is 9.77. The standard InChI is InChI=1S/C11H9NO5S/c12-18(16,17)9-5-8(11(14)15)10(13)7-4-2-1-3-6(7)9/h1-5,13H,(H,14,15)(H2,12,16,17)/p-1. The van der Waals surface area contributed by atoms with E-state index >= 15 is 0 Å². The van der Waals surface area contributed by atoms with Crippen LogP contribution < -0.4 is 10.2 Å². The van der Waals surface area contributed by atoms with Crippen LogP contribution in [-0.2, 0) is 10.0 Å². The van der Waals surface area contributed by atoms with E-state index in [1.165, 1.54) is 24.3 Å². The molecule has 2 aromatic carbocycles. The Kier molecular flexibility index (Phi) is 2.72. The zero-order chi connectivity index (χ0) is 13.5. The van der Waals surface area contributed by atoms with Crippen molar-refractivity contribution in [3.63, 3.8) is 0 Å². The molecule has 0 fully saturated rings. The first kappa shape index (κ1) is 12.3. The number of carbonyl (C=O) groups is 1. The molecule has 18 heavy (non-hydrogen) atoms. The Morgan fingerprint density at radius 1 is 1.22 bits per heavy atom. The molecule has 94 valence electrons. The van der Waals surface area contributed by atoms with Gasteiger partial charge in [0.15, 0.2) is 0 Å². The van der Waals surface area contributed by atoms with Gasteiger partial charge in [-0.1, -0.05) is 30.0 Å². The van der Waals surface area contributed by atoms with Gasteiger partial charge in [0, 0.05) is 5.39 Å². The molecule has 0 aliphatic rings. The Bertz CT molecular complexity index is 751. The van der Waals surface area contributed by atoms with Crippen molar-refractivity contribution in [2.24, 2.45) is 5.14 Å². The number of hydrogen-bond donors (Lipinski definition) is 2. The summed E-state index contributed by atoms with van der Waals surface area (Å²) in [6, 6.07) is 6.61. The Morgan fingerprint density at radius 3 is 2.28 bits per heavy atom. The largest absolute Gasteiger partial charge is 0.871 e. The number of primary sulfonamides is 1. The van der Waals surface area contributed by atoms with Gasteiger partial charge in [-0.05, 0) is 11.5 Å². The van der Waals surface area contributed by atoms with Gasteiger partial charge in [0.25, 0.3) is 0 Å². The van der Waals surface area contributed by atoms with Crippen molar-refractivity contribution < 1.29 is 23.4 Å². The minimum atomic E-state index is -4.10. The number of fused-ring (bicyclic) bond motifs is 1. The number of nitrogens with two attached hydrogens (primary N) is 1. The molecule has 7 heteroatoms. The smallest absolute Gasteiger partial charge is 0.335 e. The second-order valence-corrected chi connectivity index (χ2v) is 5.18. The first-order chi connectivity index (χ1) is 8.32. The third kappa shape index (κ3) is 1.89. The lowest BCUT2D eigenvalue weighted by Gasteiger charge is -2.16. The molecule has 0 aromatic heterocycles. The van der Waals surface area contributed by atoms with Crippen LogP contribution in [0.3, 0.4) is 0 Å². The molecular weight excluding hydrogens is 258 g/mol. The average Bonchev–Trinajstić information content (AvgIpc) is 2.27. The fourth-order valence-electron chi connectivity index (χ4n) is 1.71. The van der Waals surface area contributed by atoms with Crippen LogP contribution in [0.4, 0.5) is 0 Å². The van der Waals surface area contributed by atoms with E-state index in [2.05, 4.69) is 0 Å². The van der Waals surface area contributed by atoms with Gasteiger partial charge in [-0.3, -0.25) is 0 Å². The van der Waals surface area contributed by atoms with E-state index in [-0.39, 0.29) is 15.7 Å². The highest BCUT2D eigenvalue weighted by Gasteiger charge is 2.17. The molecule has 6 nitrogen and oxygen atoms in total. The highest BCUT2D eigenvalue weighted by Crippen LogP contribution is 2.31. The summed E-state index contributed by atoms with van der Waals surface area (Å²) in [6.07, 6.45) is 0. The maximum absolute atomic E-state index is 11.8. The van der Waals surface area contributed by atoms with Gasteiger partial charge < -0.3 is 10.2 Å². The number of hydrogen-bond acceptors (Lipinski definition) is 4. The fourth-order valence-corrected chi connectivity index (χ4v) is 2.48. The van der Waals surface area contributed by atoms with Crippen LogP contribution in [0.15, 0.2) is 35.2 Å². The van der Waals surface area contributed by atoms with Gasteiger partial charge in [-0.15, -0.1) is 0 Å². The summed E-state index contributed by atoms with van der Waals surface area (Å²) < 4.78 is 22.8. The van der Waals surface area contributed by atoms with E-state index in [1.807, 2.05) is 0 Å². The molecule has 0 spiro atoms. The van der Waals surface area contributed by atoms with Crippen molar-refractivity contribution in [2.75, 3.05) is 0 Å². The van der Waals surface area contributed by atoms with Crippen molar-refractivity contribution in [3.05, 3.63) is 35.9 Å². The van der Waals surface area contributed by atoms with Crippen LogP contribution in [0, 0.1) is 0 Å². The lowest BCUT2D eigenvalue weighted by molar-refractivity contribution is -0.266. The number of sulfonamides is 1. The third-order valence-corrected chi connectivity index (χ3v) is 3.44. The molecule has 2 aromatic rings. The molecule has 0 saturated heterocycles. The highest BCUT2D eigenvalue weighted by atomic mass is 32.2. The average molecular weight is 266 g/mol. The topological polar surface area (TPSA) is 121 Å². The van der Waals surface area contributed by atoms with E-state index in [1.54, 1.807) is 0 Å². The Balaban J connectivity index is 3.03. The molecule has 0 bridgehead atoms. The first-order valence-electron chi connectivity index (χ1n) is 4.81. The van der Waals surface area contributed by atoms with E-state index < -0.39 is 27.3 Å². The fraction of sp³-hybridized carbons (Fsp3) is 0. The van der Waals surface area contributed by atoms with Crippen LogP contribution >= 0.6 is 0 Å². The zero-order valence-electron chi connectivity index (χ0n) is 8.95. The molecule has 0 aliphatic carbocycles. The van der Waals surface area contributed by atoms with Crippen LogP contribution in [0.2, 0.25) is 0 Å². The SMILES string of the molecule is NS(=O)(=O)c1cc(C(=O)O)c([O-])c2ccccc12. The summed E-state index contributed by atoms with van der Waals surface area (Å²) in [4.78, 5) is 10.5. The quantitative estimate of drug-likeness (QED) is 0.807. The van der Waals surface area contributed by atoms with Gasteiger partial charge in [-0.2, -0.15) is 0 Å². The number of rotatable bonds is 2. The summed E-state index contributed by atoms with van der Waals surface area (Å²) in [5, 5.41) is 25.9. The third-order valence-electron chi connectivity index (χ3n) is 2.49. The molecule has 0 saturated carbocycles. The van der Waals surface area contributed by atoms with Gasteiger partial charge in [0.2, 0.25) is 10.0 Å². The predicted octanol–water partition coefficient (Wildman–Crippen LogP) is 0.259. The van der Waals surface area contributed by atoms with Gasteiger partial charge in [-0.25, -0.2) is 18.4 Å². The molecule has 3 N–H and O–H groups in total. The maximum atomic E-state index is 11.8. The van der Waals surface area contributed by atoms with Gasteiger partial charge in [0.1, 0.15) is 0 Å². The molecular formula is C11H8NO5S-. The number of carboxylic acid groups (broad SMARTS) is 1. The van der Waals surface area contributed by atoms with Crippen LogP contribution in [-0.4, -0.2) is 19.5 Å². The second kappa shape index (κ2) is 3.97. The van der Waals surface area contributed by atoms with Gasteiger partial charge in [0.05, 0.1) is 10.5 Å². The monoisotopic (exact) mass is 266 g/mol. The number of benzene rings is 2. The normalized spacial score (nSPS) is 11.6. The van der Waals surface area contributed by atoms with E-state index in [9.17, 15) is 18.3 Å². The van der Waals surface area contributed by atoms with Crippen LogP contribution in [0.5, 0.6) is 5.75 Å². The molecule has 0 heterocycles. The minimum Gasteiger partial charge on any atom is -0.871 e. The Hall–Kier alpha value is -2.12. The molecule has 0 aliphatic heterocycles. The second-order valence-electron chi connectivity index (χ2n) is 3.65. The molecule has 0 atom stereocenters. The maximum Gasteiger partial charge on any atom is 0.335 e. The van der Waals surface area contributed by atoms with Crippen molar-refractivity contribution in [2.45, 2.75) is 4.90 Å². The molecule has 2 rings (SSSR count). The van der Waals surface area contributed by atoms with Crippen molar-refractivity contribution in [3.8, 4) is 5.75 Å². The minimum absolute atomic E-state index is 0.0152. The first-order valence-corrected chi connectivity index (χ1v) is 6.36. The van der Waals surface area contributed by atoms with E-state index in [4.69, 9.17) is 10.2 Å².